The Balaban J connectivity index is 1.82. The molecule has 5 heteroatoms. The average molecular weight is 271 g/mol. The zero-order valence-corrected chi connectivity index (χ0v) is 11.3. The second-order valence-electron chi connectivity index (χ2n) is 4.40. The van der Waals surface area contributed by atoms with Crippen LogP contribution in [0.3, 0.4) is 0 Å². The first-order valence-corrected chi connectivity index (χ1v) is 6.87. The van der Waals surface area contributed by atoms with Crippen molar-refractivity contribution >= 4 is 17.0 Å². The van der Waals surface area contributed by atoms with Crippen LogP contribution in [-0.4, -0.2) is 10.1 Å². The van der Waals surface area contributed by atoms with E-state index in [0.29, 0.717) is 18.1 Å². The first kappa shape index (κ1) is 11.9. The number of nitrogens with zero attached hydrogens (tertiary/aromatic N) is 2. The van der Waals surface area contributed by atoms with Crippen molar-refractivity contribution in [1.29, 1.82) is 0 Å². The lowest BCUT2D eigenvalue weighted by Gasteiger charge is -1.97. The van der Waals surface area contributed by atoms with Crippen LogP contribution < -0.4 is 5.73 Å². The van der Waals surface area contributed by atoms with E-state index in [0.717, 1.165) is 16.8 Å². The number of nitrogens with two attached hydrogens (primary N) is 1. The Hall–Kier alpha value is -2.14. The Bertz CT molecular complexity index is 685. The molecule has 0 aliphatic heterocycles. The van der Waals surface area contributed by atoms with E-state index in [2.05, 4.69) is 15.5 Å². The van der Waals surface area contributed by atoms with Gasteiger partial charge < -0.3 is 10.3 Å². The number of nitrogen functional groups attached to an aromatic ring is 1. The maximum Gasteiger partial charge on any atom is 0.231 e. The van der Waals surface area contributed by atoms with Crippen LogP contribution in [0.4, 0.5) is 5.69 Å². The average Bonchev–Trinajstić information content (AvgIpc) is 3.01. The minimum Gasteiger partial charge on any atom is -0.399 e. The highest BCUT2D eigenvalue weighted by Gasteiger charge is 2.11. The van der Waals surface area contributed by atoms with Gasteiger partial charge in [-0.05, 0) is 35.6 Å². The van der Waals surface area contributed by atoms with Gasteiger partial charge in [-0.15, -0.1) is 0 Å². The Labute approximate surface area is 114 Å². The first-order valence-electron chi connectivity index (χ1n) is 5.92. The highest BCUT2D eigenvalue weighted by Crippen LogP contribution is 2.24. The van der Waals surface area contributed by atoms with Gasteiger partial charge in [0.05, 0.1) is 6.42 Å². The maximum atomic E-state index is 5.65. The third-order valence-electron chi connectivity index (χ3n) is 2.90. The van der Waals surface area contributed by atoms with E-state index in [1.54, 1.807) is 11.3 Å². The van der Waals surface area contributed by atoms with Crippen LogP contribution in [0.1, 0.15) is 17.0 Å². The zero-order chi connectivity index (χ0) is 13.2. The number of hydrogen-bond acceptors (Lipinski definition) is 5. The third-order valence-corrected chi connectivity index (χ3v) is 3.76. The fraction of sp³-hybridized carbons (Fsp3) is 0.143. The summed E-state index contributed by atoms with van der Waals surface area (Å²) in [7, 11) is 0. The molecule has 0 fully saturated rings. The van der Waals surface area contributed by atoms with Crippen LogP contribution in [0.2, 0.25) is 0 Å². The standard InChI is InChI=1S/C14H13N3OS/c1-9-7-19-8-12(9)14-16-13(18-17-14)6-10-2-4-11(15)5-3-10/h2-5,7-8H,6,15H2,1H3. The summed E-state index contributed by atoms with van der Waals surface area (Å²) in [5, 5.41) is 8.14. The first-order chi connectivity index (χ1) is 9.22. The van der Waals surface area contributed by atoms with Crippen LogP contribution in [0, 0.1) is 6.92 Å². The van der Waals surface area contributed by atoms with Gasteiger partial charge in [0.15, 0.2) is 0 Å². The van der Waals surface area contributed by atoms with Crippen molar-refractivity contribution in [1.82, 2.24) is 10.1 Å². The molecule has 0 bridgehead atoms. The highest BCUT2D eigenvalue weighted by atomic mass is 32.1. The zero-order valence-electron chi connectivity index (χ0n) is 10.5. The van der Waals surface area contributed by atoms with Gasteiger partial charge in [0.2, 0.25) is 11.7 Å². The van der Waals surface area contributed by atoms with Crippen molar-refractivity contribution in [3.8, 4) is 11.4 Å². The molecule has 3 rings (SSSR count). The summed E-state index contributed by atoms with van der Waals surface area (Å²) >= 11 is 1.64. The molecular formula is C14H13N3OS. The Morgan fingerprint density at radius 1 is 1.21 bits per heavy atom. The SMILES string of the molecule is Cc1cscc1-c1noc(Cc2ccc(N)cc2)n1. The monoisotopic (exact) mass is 271 g/mol. The second kappa shape index (κ2) is 4.85. The van der Waals surface area contributed by atoms with Crippen LogP contribution >= 0.6 is 11.3 Å². The molecule has 0 saturated heterocycles. The lowest BCUT2D eigenvalue weighted by Crippen LogP contribution is -1.90. The van der Waals surface area contributed by atoms with Gasteiger partial charge in [0.1, 0.15) is 0 Å². The number of aromatic nitrogens is 2. The minimum atomic E-state index is 0.616. The molecule has 4 nitrogen and oxygen atoms in total. The molecule has 0 radical (unpaired) electrons. The third kappa shape index (κ3) is 2.51. The minimum absolute atomic E-state index is 0.616. The smallest absolute Gasteiger partial charge is 0.231 e. The fourth-order valence-corrected chi connectivity index (χ4v) is 2.66. The van der Waals surface area contributed by atoms with Crippen molar-refractivity contribution in [2.75, 3.05) is 5.73 Å². The maximum absolute atomic E-state index is 5.65. The Kier molecular flexibility index (Phi) is 3.05. The van der Waals surface area contributed by atoms with Gasteiger partial charge in [-0.1, -0.05) is 17.3 Å². The molecule has 0 atom stereocenters. The van der Waals surface area contributed by atoms with E-state index >= 15 is 0 Å². The van der Waals surface area contributed by atoms with Crippen LogP contribution in [0.15, 0.2) is 39.5 Å². The molecular weight excluding hydrogens is 258 g/mol. The fourth-order valence-electron chi connectivity index (χ4n) is 1.84. The summed E-state index contributed by atoms with van der Waals surface area (Å²) in [6.07, 6.45) is 0.621. The van der Waals surface area contributed by atoms with Crippen molar-refractivity contribution < 1.29 is 4.52 Å². The second-order valence-corrected chi connectivity index (χ2v) is 5.14. The van der Waals surface area contributed by atoms with Crippen molar-refractivity contribution in [3.05, 3.63) is 52.0 Å². The predicted molar refractivity (Wildman–Crippen MR) is 76.0 cm³/mol. The van der Waals surface area contributed by atoms with Gasteiger partial charge in [0, 0.05) is 16.6 Å². The number of hydrogen-bond donors (Lipinski definition) is 1. The molecule has 19 heavy (non-hydrogen) atoms. The summed E-state index contributed by atoms with van der Waals surface area (Å²) in [6.45, 7) is 2.04. The molecule has 0 aliphatic rings. The van der Waals surface area contributed by atoms with Crippen molar-refractivity contribution in [2.24, 2.45) is 0 Å². The van der Waals surface area contributed by atoms with Gasteiger partial charge in [0.25, 0.3) is 0 Å². The van der Waals surface area contributed by atoms with Crippen LogP contribution in [0.5, 0.6) is 0 Å². The summed E-state index contributed by atoms with van der Waals surface area (Å²) in [4.78, 5) is 4.43. The van der Waals surface area contributed by atoms with E-state index in [1.165, 1.54) is 5.56 Å². The van der Waals surface area contributed by atoms with E-state index < -0.39 is 0 Å². The van der Waals surface area contributed by atoms with Gasteiger partial charge >= 0.3 is 0 Å². The molecule has 0 saturated carbocycles. The van der Waals surface area contributed by atoms with E-state index in [1.807, 2.05) is 36.6 Å². The molecule has 2 N–H and O–H groups in total. The molecule has 2 heterocycles. The Morgan fingerprint density at radius 2 is 2.00 bits per heavy atom. The molecule has 0 aliphatic carbocycles. The van der Waals surface area contributed by atoms with E-state index in [-0.39, 0.29) is 0 Å². The normalized spacial score (nSPS) is 10.8. The summed E-state index contributed by atoms with van der Waals surface area (Å²) in [6, 6.07) is 7.68. The molecule has 3 aromatic rings. The molecule has 0 spiro atoms. The molecule has 96 valence electrons. The van der Waals surface area contributed by atoms with Crippen LogP contribution in [-0.2, 0) is 6.42 Å². The molecule has 2 aromatic heterocycles. The van der Waals surface area contributed by atoms with E-state index in [4.69, 9.17) is 10.3 Å². The highest BCUT2D eigenvalue weighted by molar-refractivity contribution is 7.08. The molecule has 0 amide bonds. The van der Waals surface area contributed by atoms with Gasteiger partial charge in [-0.3, -0.25) is 0 Å². The summed E-state index contributed by atoms with van der Waals surface area (Å²) in [5.41, 5.74) is 9.72. The lowest BCUT2D eigenvalue weighted by molar-refractivity contribution is 0.385. The largest absolute Gasteiger partial charge is 0.399 e. The summed E-state index contributed by atoms with van der Waals surface area (Å²) in [5.74, 6) is 1.27. The van der Waals surface area contributed by atoms with Gasteiger partial charge in [-0.2, -0.15) is 16.3 Å². The quantitative estimate of drug-likeness (QED) is 0.742. The lowest BCUT2D eigenvalue weighted by atomic mass is 10.1. The summed E-state index contributed by atoms with van der Waals surface area (Å²) < 4.78 is 5.29. The number of thiophene rings is 1. The number of anilines is 1. The topological polar surface area (TPSA) is 64.9 Å². The van der Waals surface area contributed by atoms with Crippen molar-refractivity contribution in [2.45, 2.75) is 13.3 Å². The van der Waals surface area contributed by atoms with Gasteiger partial charge in [-0.25, -0.2) is 0 Å². The molecule has 1 aromatic carbocycles. The van der Waals surface area contributed by atoms with Crippen LogP contribution in [0.25, 0.3) is 11.4 Å². The molecule has 0 unspecified atom stereocenters. The van der Waals surface area contributed by atoms with Crippen molar-refractivity contribution in [3.63, 3.8) is 0 Å². The number of benzene rings is 1. The number of aryl methyl sites for hydroxylation is 1. The van der Waals surface area contributed by atoms with E-state index in [9.17, 15) is 0 Å². The Morgan fingerprint density at radius 3 is 2.68 bits per heavy atom. The number of rotatable bonds is 3. The predicted octanol–water partition coefficient (Wildman–Crippen LogP) is 3.28.